The molecule has 1 spiro atoms. The summed E-state index contributed by atoms with van der Waals surface area (Å²) in [6.07, 6.45) is -19.7. The lowest BCUT2D eigenvalue weighted by atomic mass is 9.80. The van der Waals surface area contributed by atoms with Crippen molar-refractivity contribution in [2.45, 2.75) is 50.4 Å². The topological polar surface area (TPSA) is 45.2 Å². The third-order valence-electron chi connectivity index (χ3n) is 7.58. The maximum Gasteiger partial charge on any atom is 0.434 e. The van der Waals surface area contributed by atoms with Gasteiger partial charge in [0, 0.05) is 64.7 Å². The van der Waals surface area contributed by atoms with E-state index in [4.69, 9.17) is 4.74 Å². The van der Waals surface area contributed by atoms with Crippen LogP contribution in [0.5, 0.6) is 0 Å². The van der Waals surface area contributed by atoms with E-state index in [9.17, 15) is 44.3 Å². The first-order valence-corrected chi connectivity index (χ1v) is 12.4. The van der Waals surface area contributed by atoms with Gasteiger partial charge in [0.1, 0.15) is 0 Å². The monoisotopic (exact) mass is 577 g/mol. The molecule has 0 radical (unpaired) electrons. The molecule has 3 fully saturated rings. The average molecular weight is 577 g/mol. The first-order chi connectivity index (χ1) is 18.1. The van der Waals surface area contributed by atoms with Gasteiger partial charge in [0.25, 0.3) is 6.10 Å². The Morgan fingerprint density at radius 1 is 0.897 bits per heavy atom. The molecule has 0 saturated carbocycles. The molecule has 0 atom stereocenters. The van der Waals surface area contributed by atoms with Crippen molar-refractivity contribution in [1.82, 2.24) is 9.80 Å². The van der Waals surface area contributed by atoms with Crippen LogP contribution in [0.2, 0.25) is 0 Å². The van der Waals surface area contributed by atoms with E-state index < -0.39 is 36.3 Å². The number of ether oxygens (including phenoxy) is 2. The standard InChI is InChI=1S/C24H28F9N3O3/c25-22(26,27)17-2-1-16(18(13-17)36-6-3-21(15-36)4-11-38-12-5-21)14-34-7-9-35(10-8-34)20(37)39-19(23(28,29)30)24(31,32)33/h1-2,13,19H,3-12,14-15H2. The molecule has 4 rings (SSSR count). The lowest BCUT2D eigenvalue weighted by molar-refractivity contribution is -0.308. The molecule has 1 aromatic carbocycles. The Kier molecular flexibility index (Phi) is 8.23. The minimum absolute atomic E-state index is 0.0273. The fourth-order valence-electron chi connectivity index (χ4n) is 5.35. The molecule has 0 aromatic heterocycles. The van der Waals surface area contributed by atoms with Gasteiger partial charge in [-0.3, -0.25) is 4.90 Å². The summed E-state index contributed by atoms with van der Waals surface area (Å²) in [5.74, 6) is 0. The molecule has 3 heterocycles. The highest BCUT2D eigenvalue weighted by Gasteiger charge is 2.60. The Labute approximate surface area is 218 Å². The van der Waals surface area contributed by atoms with Crippen molar-refractivity contribution < 1.29 is 53.8 Å². The van der Waals surface area contributed by atoms with E-state index in [0.29, 0.717) is 37.6 Å². The quantitative estimate of drug-likeness (QED) is 0.445. The Morgan fingerprint density at radius 3 is 2.08 bits per heavy atom. The predicted molar refractivity (Wildman–Crippen MR) is 120 cm³/mol. The number of hydrogen-bond donors (Lipinski definition) is 0. The molecular formula is C24H28F9N3O3. The minimum Gasteiger partial charge on any atom is -0.426 e. The predicted octanol–water partition coefficient (Wildman–Crippen LogP) is 5.46. The molecule has 220 valence electrons. The number of piperazine rings is 1. The molecule has 3 aliphatic heterocycles. The van der Waals surface area contributed by atoms with Crippen molar-refractivity contribution >= 4 is 11.8 Å². The lowest BCUT2D eigenvalue weighted by Crippen LogP contribution is -2.52. The summed E-state index contributed by atoms with van der Waals surface area (Å²) in [5, 5.41) is 0. The van der Waals surface area contributed by atoms with Crippen molar-refractivity contribution in [1.29, 1.82) is 0 Å². The number of carbonyl (C=O) groups is 1. The molecule has 0 N–H and O–H groups in total. The van der Waals surface area contributed by atoms with Crippen LogP contribution in [0, 0.1) is 5.41 Å². The van der Waals surface area contributed by atoms with Crippen molar-refractivity contribution in [2.24, 2.45) is 5.41 Å². The first kappa shape index (κ1) is 29.6. The smallest absolute Gasteiger partial charge is 0.426 e. The van der Waals surface area contributed by atoms with Crippen LogP contribution in [0.1, 0.15) is 30.4 Å². The van der Waals surface area contributed by atoms with E-state index in [1.54, 1.807) is 4.90 Å². The summed E-state index contributed by atoms with van der Waals surface area (Å²) >= 11 is 0. The first-order valence-electron chi connectivity index (χ1n) is 12.4. The zero-order valence-electron chi connectivity index (χ0n) is 20.8. The van der Waals surface area contributed by atoms with E-state index in [0.717, 1.165) is 36.3 Å². The number of alkyl halides is 9. The summed E-state index contributed by atoms with van der Waals surface area (Å²) in [7, 11) is 0. The largest absolute Gasteiger partial charge is 0.434 e. The van der Waals surface area contributed by atoms with Gasteiger partial charge in [0.15, 0.2) is 0 Å². The molecule has 6 nitrogen and oxygen atoms in total. The van der Waals surface area contributed by atoms with Gasteiger partial charge in [-0.2, -0.15) is 39.5 Å². The second kappa shape index (κ2) is 10.9. The van der Waals surface area contributed by atoms with Crippen LogP contribution in [0.3, 0.4) is 0 Å². The maximum atomic E-state index is 13.5. The number of carbonyl (C=O) groups excluding carboxylic acids is 1. The van der Waals surface area contributed by atoms with Gasteiger partial charge in [0.05, 0.1) is 5.56 Å². The average Bonchev–Trinajstić information content (AvgIpc) is 3.24. The lowest BCUT2D eigenvalue weighted by Gasteiger charge is -2.36. The summed E-state index contributed by atoms with van der Waals surface area (Å²) in [6, 6.07) is 3.50. The highest BCUT2D eigenvalue weighted by atomic mass is 19.4. The van der Waals surface area contributed by atoms with Crippen molar-refractivity contribution in [3.63, 3.8) is 0 Å². The zero-order chi connectivity index (χ0) is 28.6. The third kappa shape index (κ3) is 7.02. The van der Waals surface area contributed by atoms with Gasteiger partial charge in [-0.15, -0.1) is 0 Å². The molecule has 0 aliphatic carbocycles. The molecule has 0 bridgehead atoms. The highest BCUT2D eigenvalue weighted by molar-refractivity contribution is 5.68. The number of rotatable bonds is 4. The fraction of sp³-hybridized carbons (Fsp3) is 0.708. The van der Waals surface area contributed by atoms with Gasteiger partial charge < -0.3 is 19.3 Å². The normalized spacial score (nSPS) is 21.2. The molecule has 1 aromatic rings. The summed E-state index contributed by atoms with van der Waals surface area (Å²) < 4.78 is 126. The van der Waals surface area contributed by atoms with Gasteiger partial charge in [-0.05, 0) is 42.4 Å². The number of nitrogens with zero attached hydrogens (tertiary/aromatic N) is 3. The summed E-state index contributed by atoms with van der Waals surface area (Å²) in [4.78, 5) is 16.5. The summed E-state index contributed by atoms with van der Waals surface area (Å²) in [6.45, 7) is 2.31. The van der Waals surface area contributed by atoms with Crippen LogP contribution in [0.4, 0.5) is 50.0 Å². The minimum atomic E-state index is -5.81. The van der Waals surface area contributed by atoms with Crippen LogP contribution in [0.25, 0.3) is 0 Å². The second-order valence-corrected chi connectivity index (χ2v) is 10.2. The zero-order valence-corrected chi connectivity index (χ0v) is 20.8. The maximum absolute atomic E-state index is 13.5. The van der Waals surface area contributed by atoms with E-state index in [-0.39, 0.29) is 38.1 Å². The van der Waals surface area contributed by atoms with Gasteiger partial charge in [-0.1, -0.05) is 6.07 Å². The number of halogens is 9. The second-order valence-electron chi connectivity index (χ2n) is 10.2. The van der Waals surface area contributed by atoms with Gasteiger partial charge in [-0.25, -0.2) is 4.79 Å². The number of anilines is 1. The Balaban J connectivity index is 1.43. The molecule has 39 heavy (non-hydrogen) atoms. The summed E-state index contributed by atoms with van der Waals surface area (Å²) in [5.41, 5.74) is 0.233. The van der Waals surface area contributed by atoms with E-state index in [2.05, 4.69) is 4.74 Å². The number of amides is 1. The third-order valence-corrected chi connectivity index (χ3v) is 7.58. The van der Waals surface area contributed by atoms with Crippen molar-refractivity contribution in [2.75, 3.05) is 57.4 Å². The molecule has 1 amide bonds. The van der Waals surface area contributed by atoms with Crippen molar-refractivity contribution in [3.8, 4) is 0 Å². The molecular weight excluding hydrogens is 549 g/mol. The van der Waals surface area contributed by atoms with Crippen LogP contribution >= 0.6 is 0 Å². The van der Waals surface area contributed by atoms with E-state index >= 15 is 0 Å². The highest BCUT2D eigenvalue weighted by Crippen LogP contribution is 2.43. The fourth-order valence-corrected chi connectivity index (χ4v) is 5.35. The SMILES string of the molecule is O=C(OC(C(F)(F)F)C(F)(F)F)N1CCN(Cc2ccc(C(F)(F)F)cc2N2CCC3(CCOCC3)C2)CC1. The Hall–Kier alpha value is -2.42. The number of benzene rings is 1. The molecule has 3 aliphatic rings. The molecule has 15 heteroatoms. The Morgan fingerprint density at radius 2 is 1.51 bits per heavy atom. The Bertz CT molecular complexity index is 1000. The van der Waals surface area contributed by atoms with Crippen LogP contribution < -0.4 is 4.90 Å². The molecule has 0 unspecified atom stereocenters. The van der Waals surface area contributed by atoms with Crippen LogP contribution in [-0.2, 0) is 22.2 Å². The van der Waals surface area contributed by atoms with E-state index in [1.165, 1.54) is 6.07 Å². The van der Waals surface area contributed by atoms with E-state index in [1.807, 2.05) is 4.90 Å². The van der Waals surface area contributed by atoms with Gasteiger partial charge >= 0.3 is 24.6 Å². The number of hydrogen-bond acceptors (Lipinski definition) is 5. The van der Waals surface area contributed by atoms with Crippen molar-refractivity contribution in [3.05, 3.63) is 29.3 Å². The van der Waals surface area contributed by atoms with Crippen LogP contribution in [-0.4, -0.2) is 86.8 Å². The molecule has 3 saturated heterocycles. The van der Waals surface area contributed by atoms with Crippen LogP contribution in [0.15, 0.2) is 18.2 Å². The van der Waals surface area contributed by atoms with Gasteiger partial charge in [0.2, 0.25) is 0 Å².